The predicted octanol–water partition coefficient (Wildman–Crippen LogP) is 1.60. The van der Waals surface area contributed by atoms with E-state index < -0.39 is 6.10 Å². The zero-order valence-electron chi connectivity index (χ0n) is 12.0. The molecule has 5 heteroatoms. The van der Waals surface area contributed by atoms with E-state index in [0.29, 0.717) is 13.2 Å². The summed E-state index contributed by atoms with van der Waals surface area (Å²) in [5.41, 5.74) is 2.02. The molecule has 20 heavy (non-hydrogen) atoms. The Kier molecular flexibility index (Phi) is 5.34. The van der Waals surface area contributed by atoms with Crippen LogP contribution in [0.5, 0.6) is 0 Å². The summed E-state index contributed by atoms with van der Waals surface area (Å²) in [6.45, 7) is 3.92. The molecule has 1 aromatic rings. The second kappa shape index (κ2) is 7.02. The third-order valence-electron chi connectivity index (χ3n) is 3.44. The lowest BCUT2D eigenvalue weighted by Gasteiger charge is -2.24. The number of anilines is 1. The summed E-state index contributed by atoms with van der Waals surface area (Å²) in [6.07, 6.45) is 0.255. The first-order valence-corrected chi connectivity index (χ1v) is 6.92. The highest BCUT2D eigenvalue weighted by molar-refractivity contribution is 5.58. The Morgan fingerprint density at radius 3 is 2.95 bits per heavy atom. The van der Waals surface area contributed by atoms with Gasteiger partial charge in [-0.3, -0.25) is 0 Å². The summed E-state index contributed by atoms with van der Waals surface area (Å²) < 4.78 is 23.7. The van der Waals surface area contributed by atoms with Crippen LogP contribution in [0.25, 0.3) is 0 Å². The lowest BCUT2D eigenvalue weighted by molar-refractivity contribution is -0.0294. The molecule has 1 heterocycles. The number of methoxy groups -OCH3 is 1. The smallest absolute Gasteiger partial charge is 0.125 e. The number of hydrogen-bond acceptors (Lipinski definition) is 4. The minimum Gasteiger partial charge on any atom is -0.389 e. The molecule has 0 saturated heterocycles. The van der Waals surface area contributed by atoms with Crippen LogP contribution in [0.15, 0.2) is 18.2 Å². The van der Waals surface area contributed by atoms with Gasteiger partial charge in [0.05, 0.1) is 25.4 Å². The average molecular weight is 283 g/mol. The normalized spacial score (nSPS) is 17.1. The van der Waals surface area contributed by atoms with Crippen LogP contribution < -0.4 is 4.90 Å². The third kappa shape index (κ3) is 3.91. The number of β-amino-alcohol motifs (C(OH)–C–C–N with tert-alkyl or cyclic N) is 1. The maximum atomic E-state index is 13.3. The van der Waals surface area contributed by atoms with E-state index in [9.17, 15) is 9.50 Å². The number of benzene rings is 1. The lowest BCUT2D eigenvalue weighted by Crippen LogP contribution is -2.35. The van der Waals surface area contributed by atoms with Crippen molar-refractivity contribution in [2.24, 2.45) is 0 Å². The Morgan fingerprint density at radius 2 is 2.20 bits per heavy atom. The molecule has 0 fully saturated rings. The molecule has 112 valence electrons. The standard InChI is InChI=1S/C15H22FNO3/c1-11(9-19-2)20-10-14(18)8-17-6-5-12-3-4-13(16)7-15(12)17/h3-4,7,11,14,18H,5-6,8-10H2,1-2H3. The van der Waals surface area contributed by atoms with E-state index in [1.807, 2.05) is 17.9 Å². The van der Waals surface area contributed by atoms with Gasteiger partial charge >= 0.3 is 0 Å². The lowest BCUT2D eigenvalue weighted by atomic mass is 10.2. The molecule has 1 aliphatic rings. The zero-order chi connectivity index (χ0) is 14.5. The zero-order valence-corrected chi connectivity index (χ0v) is 12.0. The fourth-order valence-electron chi connectivity index (χ4n) is 2.47. The van der Waals surface area contributed by atoms with Crippen LogP contribution in [-0.4, -0.2) is 50.7 Å². The Hall–Kier alpha value is -1.17. The predicted molar refractivity (Wildman–Crippen MR) is 75.6 cm³/mol. The Labute approximate surface area is 119 Å². The van der Waals surface area contributed by atoms with Crippen molar-refractivity contribution < 1.29 is 19.0 Å². The molecule has 0 saturated carbocycles. The quantitative estimate of drug-likeness (QED) is 0.825. The highest BCUT2D eigenvalue weighted by Crippen LogP contribution is 2.28. The van der Waals surface area contributed by atoms with Gasteiger partial charge in [0.15, 0.2) is 0 Å². The molecule has 1 aromatic carbocycles. The van der Waals surface area contributed by atoms with Gasteiger partial charge in [-0.1, -0.05) is 6.07 Å². The van der Waals surface area contributed by atoms with Crippen molar-refractivity contribution >= 4 is 5.69 Å². The number of aliphatic hydroxyl groups is 1. The third-order valence-corrected chi connectivity index (χ3v) is 3.44. The van der Waals surface area contributed by atoms with Gasteiger partial charge in [0.25, 0.3) is 0 Å². The van der Waals surface area contributed by atoms with Crippen molar-refractivity contribution in [1.29, 1.82) is 0 Å². The number of ether oxygens (including phenoxy) is 2. The Bertz CT molecular complexity index is 441. The van der Waals surface area contributed by atoms with Gasteiger partial charge in [-0.05, 0) is 31.0 Å². The molecular weight excluding hydrogens is 261 g/mol. The van der Waals surface area contributed by atoms with Crippen LogP contribution in [0.1, 0.15) is 12.5 Å². The Morgan fingerprint density at radius 1 is 1.40 bits per heavy atom. The monoisotopic (exact) mass is 283 g/mol. The van der Waals surface area contributed by atoms with Gasteiger partial charge < -0.3 is 19.5 Å². The second-order valence-corrected chi connectivity index (χ2v) is 5.22. The highest BCUT2D eigenvalue weighted by atomic mass is 19.1. The molecule has 2 unspecified atom stereocenters. The molecular formula is C15H22FNO3. The topological polar surface area (TPSA) is 41.9 Å². The second-order valence-electron chi connectivity index (χ2n) is 5.22. The van der Waals surface area contributed by atoms with E-state index in [2.05, 4.69) is 0 Å². The molecule has 0 bridgehead atoms. The summed E-state index contributed by atoms with van der Waals surface area (Å²) in [5, 5.41) is 10.0. The molecule has 2 atom stereocenters. The van der Waals surface area contributed by atoms with E-state index in [4.69, 9.17) is 9.47 Å². The van der Waals surface area contributed by atoms with Crippen LogP contribution in [0.2, 0.25) is 0 Å². The van der Waals surface area contributed by atoms with E-state index in [1.165, 1.54) is 12.1 Å². The molecule has 1 N–H and O–H groups in total. The molecule has 0 aromatic heterocycles. The Balaban J connectivity index is 1.84. The summed E-state index contributed by atoms with van der Waals surface area (Å²) >= 11 is 0. The fourth-order valence-corrected chi connectivity index (χ4v) is 2.47. The van der Waals surface area contributed by atoms with E-state index in [1.54, 1.807) is 7.11 Å². The maximum Gasteiger partial charge on any atom is 0.125 e. The largest absolute Gasteiger partial charge is 0.389 e. The van der Waals surface area contributed by atoms with Crippen molar-refractivity contribution in [1.82, 2.24) is 0 Å². The van der Waals surface area contributed by atoms with Gasteiger partial charge in [-0.2, -0.15) is 0 Å². The van der Waals surface area contributed by atoms with Crippen LogP contribution in [-0.2, 0) is 15.9 Å². The number of rotatable bonds is 7. The van der Waals surface area contributed by atoms with Crippen molar-refractivity contribution in [3.63, 3.8) is 0 Å². The number of fused-ring (bicyclic) bond motifs is 1. The first kappa shape index (κ1) is 15.2. The van der Waals surface area contributed by atoms with Crippen molar-refractivity contribution in [3.8, 4) is 0 Å². The number of aliphatic hydroxyl groups excluding tert-OH is 1. The molecule has 0 spiro atoms. The van der Waals surface area contributed by atoms with Crippen molar-refractivity contribution in [3.05, 3.63) is 29.6 Å². The first-order valence-electron chi connectivity index (χ1n) is 6.92. The van der Waals surface area contributed by atoms with Crippen LogP contribution in [0, 0.1) is 5.82 Å². The fraction of sp³-hybridized carbons (Fsp3) is 0.600. The number of halogens is 1. The van der Waals surface area contributed by atoms with Gasteiger partial charge in [0, 0.05) is 25.9 Å². The van der Waals surface area contributed by atoms with Gasteiger partial charge in [0.1, 0.15) is 5.82 Å². The van der Waals surface area contributed by atoms with Crippen molar-refractivity contribution in [2.45, 2.75) is 25.6 Å². The van der Waals surface area contributed by atoms with Crippen LogP contribution in [0.3, 0.4) is 0 Å². The molecule has 0 aliphatic carbocycles. The molecule has 0 amide bonds. The number of hydrogen-bond donors (Lipinski definition) is 1. The van der Waals surface area contributed by atoms with Crippen LogP contribution in [0.4, 0.5) is 10.1 Å². The first-order chi connectivity index (χ1) is 9.60. The van der Waals surface area contributed by atoms with Gasteiger partial charge in [-0.25, -0.2) is 4.39 Å². The summed E-state index contributed by atoms with van der Waals surface area (Å²) in [5.74, 6) is -0.241. The van der Waals surface area contributed by atoms with Crippen LogP contribution >= 0.6 is 0 Å². The highest BCUT2D eigenvalue weighted by Gasteiger charge is 2.22. The van der Waals surface area contributed by atoms with Gasteiger partial charge in [-0.15, -0.1) is 0 Å². The number of nitrogens with zero attached hydrogens (tertiary/aromatic N) is 1. The van der Waals surface area contributed by atoms with E-state index >= 15 is 0 Å². The summed E-state index contributed by atoms with van der Waals surface area (Å²) in [4.78, 5) is 2.01. The summed E-state index contributed by atoms with van der Waals surface area (Å²) in [6, 6.07) is 4.83. The van der Waals surface area contributed by atoms with Gasteiger partial charge in [0.2, 0.25) is 0 Å². The molecule has 0 radical (unpaired) electrons. The van der Waals surface area contributed by atoms with E-state index in [-0.39, 0.29) is 18.5 Å². The maximum absolute atomic E-state index is 13.3. The minimum atomic E-state index is -0.594. The minimum absolute atomic E-state index is 0.0436. The molecule has 2 rings (SSSR count). The average Bonchev–Trinajstić information content (AvgIpc) is 2.79. The summed E-state index contributed by atoms with van der Waals surface area (Å²) in [7, 11) is 1.62. The molecule has 1 aliphatic heterocycles. The van der Waals surface area contributed by atoms with Crippen molar-refractivity contribution in [2.75, 3.05) is 38.3 Å². The SMILES string of the molecule is COCC(C)OCC(O)CN1CCc2ccc(F)cc21. The molecule has 4 nitrogen and oxygen atoms in total. The van der Waals surface area contributed by atoms with E-state index in [0.717, 1.165) is 24.2 Å².